The Balaban J connectivity index is 1.62. The van der Waals surface area contributed by atoms with E-state index in [2.05, 4.69) is 10.5 Å². The fourth-order valence-corrected chi connectivity index (χ4v) is 3.18. The van der Waals surface area contributed by atoms with Gasteiger partial charge in [0.25, 0.3) is 0 Å². The van der Waals surface area contributed by atoms with Crippen LogP contribution in [-0.2, 0) is 20.9 Å². The smallest absolute Gasteiger partial charge is 0.325 e. The van der Waals surface area contributed by atoms with E-state index in [9.17, 15) is 9.59 Å². The van der Waals surface area contributed by atoms with Gasteiger partial charge in [-0.05, 0) is 25.0 Å². The number of rotatable bonds is 8. The lowest BCUT2D eigenvalue weighted by Crippen LogP contribution is -2.45. The first-order chi connectivity index (χ1) is 14.5. The van der Waals surface area contributed by atoms with E-state index in [4.69, 9.17) is 9.57 Å². The number of esters is 1. The summed E-state index contributed by atoms with van der Waals surface area (Å²) in [6.07, 6.45) is 0.359. The first-order valence-electron chi connectivity index (χ1n) is 10.1. The molecule has 0 fully saturated rings. The van der Waals surface area contributed by atoms with Crippen LogP contribution in [0, 0.1) is 6.92 Å². The second-order valence-corrected chi connectivity index (χ2v) is 7.17. The van der Waals surface area contributed by atoms with Crippen molar-refractivity contribution in [2.24, 2.45) is 5.16 Å². The van der Waals surface area contributed by atoms with Gasteiger partial charge in [-0.2, -0.15) is 0 Å². The van der Waals surface area contributed by atoms with Crippen LogP contribution in [0.1, 0.15) is 30.0 Å². The highest BCUT2D eigenvalue weighted by Crippen LogP contribution is 2.19. The van der Waals surface area contributed by atoms with E-state index >= 15 is 0 Å². The predicted octanol–water partition coefficient (Wildman–Crippen LogP) is 3.26. The normalized spacial score (nSPS) is 15.1. The number of amides is 2. The Morgan fingerprint density at radius 1 is 1.17 bits per heavy atom. The predicted molar refractivity (Wildman–Crippen MR) is 114 cm³/mol. The Bertz CT molecular complexity index is 881. The molecule has 7 nitrogen and oxygen atoms in total. The Hall–Kier alpha value is -3.35. The van der Waals surface area contributed by atoms with Gasteiger partial charge in [0.05, 0.1) is 18.9 Å². The molecule has 0 spiro atoms. The molecule has 0 aliphatic carbocycles. The van der Waals surface area contributed by atoms with Crippen LogP contribution in [0.3, 0.4) is 0 Å². The van der Waals surface area contributed by atoms with Crippen molar-refractivity contribution in [3.05, 3.63) is 71.3 Å². The van der Waals surface area contributed by atoms with Gasteiger partial charge in [-0.1, -0.05) is 65.3 Å². The average molecular weight is 409 g/mol. The highest BCUT2D eigenvalue weighted by atomic mass is 16.6. The number of oxime groups is 1. The topological polar surface area (TPSA) is 80.2 Å². The number of benzene rings is 2. The van der Waals surface area contributed by atoms with Crippen molar-refractivity contribution in [2.75, 3.05) is 19.7 Å². The maximum Gasteiger partial charge on any atom is 0.325 e. The number of ether oxygens (including phenoxy) is 1. The molecule has 0 bridgehead atoms. The quantitative estimate of drug-likeness (QED) is 0.679. The van der Waals surface area contributed by atoms with Crippen LogP contribution in [0.25, 0.3) is 0 Å². The summed E-state index contributed by atoms with van der Waals surface area (Å²) in [5.41, 5.74) is 4.06. The highest BCUT2D eigenvalue weighted by molar-refractivity contribution is 6.01. The molecule has 1 aliphatic rings. The van der Waals surface area contributed by atoms with Gasteiger partial charge in [-0.3, -0.25) is 4.79 Å². The lowest BCUT2D eigenvalue weighted by Gasteiger charge is -2.25. The number of nitrogens with one attached hydrogen (secondary N) is 1. The molecule has 30 heavy (non-hydrogen) atoms. The lowest BCUT2D eigenvalue weighted by molar-refractivity contribution is -0.141. The Kier molecular flexibility index (Phi) is 7.43. The molecule has 1 heterocycles. The molecule has 158 valence electrons. The number of carbonyl (C=O) groups excluding carboxylic acids is 2. The van der Waals surface area contributed by atoms with Crippen molar-refractivity contribution < 1.29 is 19.2 Å². The number of carbonyl (C=O) groups is 2. The minimum atomic E-state index is -0.465. The Labute approximate surface area is 176 Å². The zero-order chi connectivity index (χ0) is 21.3. The van der Waals surface area contributed by atoms with Crippen molar-refractivity contribution in [1.82, 2.24) is 10.2 Å². The van der Waals surface area contributed by atoms with Crippen molar-refractivity contribution >= 4 is 17.7 Å². The van der Waals surface area contributed by atoms with Crippen molar-refractivity contribution in [2.45, 2.75) is 32.9 Å². The van der Waals surface area contributed by atoms with Gasteiger partial charge in [0.2, 0.25) is 0 Å². The fourth-order valence-electron chi connectivity index (χ4n) is 3.18. The van der Waals surface area contributed by atoms with Crippen molar-refractivity contribution in [1.29, 1.82) is 0 Å². The largest absolute Gasteiger partial charge is 0.465 e. The first-order valence-corrected chi connectivity index (χ1v) is 10.1. The second kappa shape index (κ2) is 10.4. The second-order valence-electron chi connectivity index (χ2n) is 7.17. The van der Waals surface area contributed by atoms with Gasteiger partial charge in [-0.25, -0.2) is 4.79 Å². The number of aryl methyl sites for hydroxylation is 1. The third-order valence-electron chi connectivity index (χ3n) is 4.73. The Morgan fingerprint density at radius 2 is 1.90 bits per heavy atom. The summed E-state index contributed by atoms with van der Waals surface area (Å²) in [7, 11) is 0. The van der Waals surface area contributed by atoms with E-state index in [1.807, 2.05) is 61.5 Å². The van der Waals surface area contributed by atoms with Crippen LogP contribution >= 0.6 is 0 Å². The number of hydrogen-bond acceptors (Lipinski definition) is 5. The minimum Gasteiger partial charge on any atom is -0.465 e. The van der Waals surface area contributed by atoms with E-state index in [0.717, 1.165) is 16.8 Å². The van der Waals surface area contributed by atoms with Crippen LogP contribution in [0.5, 0.6) is 0 Å². The molecule has 1 aliphatic heterocycles. The van der Waals surface area contributed by atoms with Gasteiger partial charge in [-0.15, -0.1) is 0 Å². The molecule has 0 radical (unpaired) electrons. The third kappa shape index (κ3) is 6.07. The summed E-state index contributed by atoms with van der Waals surface area (Å²) in [4.78, 5) is 31.6. The number of nitrogens with zero attached hydrogens (tertiary/aromatic N) is 2. The highest BCUT2D eigenvalue weighted by Gasteiger charge is 2.27. The fraction of sp³-hybridized carbons (Fsp3) is 0.348. The van der Waals surface area contributed by atoms with E-state index in [1.165, 1.54) is 5.56 Å². The molecule has 2 aromatic carbocycles. The maximum absolute atomic E-state index is 12.7. The van der Waals surface area contributed by atoms with E-state index in [1.54, 1.807) is 11.8 Å². The standard InChI is InChI=1S/C23H27N3O4/c1-3-29-22(27)14-24-23(28)26(15-18-7-5-4-6-8-18)16-20-13-21(25-30-20)19-11-9-17(2)10-12-19/h4-12,20H,3,13-16H2,1-2H3,(H,24,28)/t20-/m0/s1. The lowest BCUT2D eigenvalue weighted by atomic mass is 10.0. The summed E-state index contributed by atoms with van der Waals surface area (Å²) < 4.78 is 4.88. The molecule has 1 atom stereocenters. The van der Waals surface area contributed by atoms with Crippen molar-refractivity contribution in [3.63, 3.8) is 0 Å². The van der Waals surface area contributed by atoms with E-state index < -0.39 is 5.97 Å². The van der Waals surface area contributed by atoms with Crippen LogP contribution in [0.4, 0.5) is 4.79 Å². The molecular formula is C23H27N3O4. The van der Waals surface area contributed by atoms with Crippen LogP contribution in [0.15, 0.2) is 59.8 Å². The summed E-state index contributed by atoms with van der Waals surface area (Å²) in [6, 6.07) is 17.5. The van der Waals surface area contributed by atoms with E-state index in [0.29, 0.717) is 19.5 Å². The van der Waals surface area contributed by atoms with Crippen LogP contribution in [-0.4, -0.2) is 48.4 Å². The molecule has 3 rings (SSSR count). The SMILES string of the molecule is CCOC(=O)CNC(=O)N(Cc1ccccc1)C[C@@H]1CC(c2ccc(C)cc2)=NO1. The van der Waals surface area contributed by atoms with Crippen LogP contribution in [0.2, 0.25) is 0 Å². The van der Waals surface area contributed by atoms with Gasteiger partial charge >= 0.3 is 12.0 Å². The molecule has 2 aromatic rings. The molecular weight excluding hydrogens is 382 g/mol. The molecule has 0 saturated carbocycles. The maximum atomic E-state index is 12.7. The molecule has 0 saturated heterocycles. The first kappa shape index (κ1) is 21.4. The minimum absolute atomic E-state index is 0.172. The van der Waals surface area contributed by atoms with Gasteiger partial charge in [0.15, 0.2) is 6.10 Å². The Morgan fingerprint density at radius 3 is 2.60 bits per heavy atom. The summed E-state index contributed by atoms with van der Waals surface area (Å²) in [5.74, 6) is -0.465. The third-order valence-corrected chi connectivity index (χ3v) is 4.73. The average Bonchev–Trinajstić information content (AvgIpc) is 3.21. The van der Waals surface area contributed by atoms with Crippen LogP contribution < -0.4 is 5.32 Å². The number of hydrogen-bond donors (Lipinski definition) is 1. The van der Waals surface area contributed by atoms with Gasteiger partial charge < -0.3 is 19.8 Å². The monoisotopic (exact) mass is 409 g/mol. The summed E-state index contributed by atoms with van der Waals surface area (Å²) >= 11 is 0. The van der Waals surface area contributed by atoms with E-state index in [-0.39, 0.29) is 25.3 Å². The number of urea groups is 1. The molecule has 2 amide bonds. The van der Waals surface area contributed by atoms with Crippen molar-refractivity contribution in [3.8, 4) is 0 Å². The zero-order valence-electron chi connectivity index (χ0n) is 17.3. The summed E-state index contributed by atoms with van der Waals surface area (Å²) in [5, 5.41) is 6.85. The molecule has 1 N–H and O–H groups in total. The molecule has 7 heteroatoms. The zero-order valence-corrected chi connectivity index (χ0v) is 17.3. The summed E-state index contributed by atoms with van der Waals surface area (Å²) in [6.45, 7) is 4.62. The molecule has 0 unspecified atom stereocenters. The van der Waals surface area contributed by atoms with Gasteiger partial charge in [0.1, 0.15) is 6.54 Å². The molecule has 0 aromatic heterocycles. The van der Waals surface area contributed by atoms with Gasteiger partial charge in [0, 0.05) is 13.0 Å².